The van der Waals surface area contributed by atoms with Crippen LogP contribution in [0.25, 0.3) is 0 Å². The number of anilines is 2. The van der Waals surface area contributed by atoms with E-state index in [2.05, 4.69) is 6.07 Å². The summed E-state index contributed by atoms with van der Waals surface area (Å²) in [7, 11) is 0. The Labute approximate surface area is 151 Å². The number of carbonyl (C=O) groups excluding carboxylic acids is 2. The normalized spacial score (nSPS) is 19.4. The van der Waals surface area contributed by atoms with Gasteiger partial charge in [0.2, 0.25) is 11.8 Å². The lowest BCUT2D eigenvalue weighted by atomic mass is 10.1. The van der Waals surface area contributed by atoms with Crippen molar-refractivity contribution in [2.75, 3.05) is 29.1 Å². The molecule has 0 aliphatic carbocycles. The Morgan fingerprint density at radius 1 is 1.16 bits per heavy atom. The molecule has 1 atom stereocenters. The molecule has 0 bridgehead atoms. The van der Waals surface area contributed by atoms with Gasteiger partial charge in [0.25, 0.3) is 0 Å². The summed E-state index contributed by atoms with van der Waals surface area (Å²) in [5.74, 6) is -0.164. The average molecular weight is 352 g/mol. The second kappa shape index (κ2) is 6.56. The maximum absolute atomic E-state index is 13.0. The Bertz CT molecular complexity index is 836. The van der Waals surface area contributed by atoms with E-state index in [4.69, 9.17) is 0 Å². The Morgan fingerprint density at radius 3 is 2.84 bits per heavy atom. The van der Waals surface area contributed by atoms with Crippen molar-refractivity contribution in [3.8, 4) is 0 Å². The third-order valence-electron chi connectivity index (χ3n) is 4.99. The van der Waals surface area contributed by atoms with E-state index in [9.17, 15) is 9.59 Å². The minimum Gasteiger partial charge on any atom is -0.312 e. The molecule has 0 aromatic heterocycles. The van der Waals surface area contributed by atoms with Gasteiger partial charge in [0.05, 0.1) is 5.92 Å². The molecule has 0 N–H and O–H groups in total. The minimum absolute atomic E-state index is 0.0316. The molecule has 2 aromatic rings. The number of fused-ring (bicyclic) bond motifs is 1. The first-order valence-corrected chi connectivity index (χ1v) is 9.73. The van der Waals surface area contributed by atoms with Crippen molar-refractivity contribution in [2.24, 2.45) is 5.92 Å². The van der Waals surface area contributed by atoms with Crippen LogP contribution in [0, 0.1) is 5.92 Å². The number of hydrogen-bond donors (Lipinski definition) is 0. The zero-order valence-electron chi connectivity index (χ0n) is 14.1. The topological polar surface area (TPSA) is 40.6 Å². The van der Waals surface area contributed by atoms with E-state index in [1.807, 2.05) is 53.6 Å². The number of rotatable bonds is 3. The largest absolute Gasteiger partial charge is 0.312 e. The van der Waals surface area contributed by atoms with Crippen LogP contribution in [0.1, 0.15) is 12.0 Å². The van der Waals surface area contributed by atoms with Gasteiger partial charge < -0.3 is 9.80 Å². The fourth-order valence-electron chi connectivity index (χ4n) is 3.69. The van der Waals surface area contributed by atoms with Crippen LogP contribution >= 0.6 is 11.8 Å². The Morgan fingerprint density at radius 2 is 2.00 bits per heavy atom. The van der Waals surface area contributed by atoms with Gasteiger partial charge in [0, 0.05) is 35.8 Å². The van der Waals surface area contributed by atoms with Crippen LogP contribution in [-0.2, 0) is 16.0 Å². The average Bonchev–Trinajstić information content (AvgIpc) is 3.25. The molecule has 5 heteroatoms. The lowest BCUT2D eigenvalue weighted by Crippen LogP contribution is -2.36. The van der Waals surface area contributed by atoms with Gasteiger partial charge in [-0.25, -0.2) is 0 Å². The van der Waals surface area contributed by atoms with Gasteiger partial charge in [-0.3, -0.25) is 9.59 Å². The van der Waals surface area contributed by atoms with Gasteiger partial charge in [-0.2, -0.15) is 0 Å². The van der Waals surface area contributed by atoms with Gasteiger partial charge in [-0.1, -0.05) is 24.3 Å². The van der Waals surface area contributed by atoms with E-state index in [0.717, 1.165) is 22.7 Å². The highest BCUT2D eigenvalue weighted by molar-refractivity contribution is 7.98. The van der Waals surface area contributed by atoms with E-state index < -0.39 is 0 Å². The summed E-state index contributed by atoms with van der Waals surface area (Å²) in [6.45, 7) is 1.18. The predicted octanol–water partition coefficient (Wildman–Crippen LogP) is 3.35. The quantitative estimate of drug-likeness (QED) is 0.796. The molecule has 0 saturated carbocycles. The van der Waals surface area contributed by atoms with Crippen molar-refractivity contribution in [1.29, 1.82) is 0 Å². The van der Waals surface area contributed by atoms with Crippen LogP contribution in [0.2, 0.25) is 0 Å². The molecule has 2 amide bonds. The SMILES string of the molecule is CSc1cccc(N2C[C@H](C(=O)N3CCc4ccccc43)CC2=O)c1. The zero-order valence-corrected chi connectivity index (χ0v) is 15.0. The van der Waals surface area contributed by atoms with Crippen LogP contribution < -0.4 is 9.80 Å². The number of carbonyl (C=O) groups is 2. The van der Waals surface area contributed by atoms with Crippen molar-refractivity contribution >= 4 is 35.0 Å². The molecule has 25 heavy (non-hydrogen) atoms. The molecule has 0 radical (unpaired) electrons. The number of nitrogens with zero attached hydrogens (tertiary/aromatic N) is 2. The zero-order chi connectivity index (χ0) is 17.4. The lowest BCUT2D eigenvalue weighted by Gasteiger charge is -2.22. The molecule has 0 spiro atoms. The summed E-state index contributed by atoms with van der Waals surface area (Å²) in [5.41, 5.74) is 3.10. The molecule has 128 valence electrons. The molecule has 1 fully saturated rings. The molecule has 0 unspecified atom stereocenters. The molecule has 2 aliphatic rings. The third-order valence-corrected chi connectivity index (χ3v) is 5.72. The fraction of sp³-hybridized carbons (Fsp3) is 0.300. The van der Waals surface area contributed by atoms with Crippen LogP contribution in [0.4, 0.5) is 11.4 Å². The van der Waals surface area contributed by atoms with Gasteiger partial charge in [0.15, 0.2) is 0 Å². The highest BCUT2D eigenvalue weighted by Crippen LogP contribution is 2.33. The second-order valence-corrected chi connectivity index (χ2v) is 7.36. The summed E-state index contributed by atoms with van der Waals surface area (Å²) in [4.78, 5) is 30.2. The summed E-state index contributed by atoms with van der Waals surface area (Å²) in [5, 5.41) is 0. The fourth-order valence-corrected chi connectivity index (χ4v) is 4.14. The van der Waals surface area contributed by atoms with Gasteiger partial charge in [-0.05, 0) is 42.5 Å². The number of benzene rings is 2. The molecule has 1 saturated heterocycles. The minimum atomic E-state index is -0.267. The monoisotopic (exact) mass is 352 g/mol. The highest BCUT2D eigenvalue weighted by Gasteiger charge is 2.39. The molecular weight excluding hydrogens is 332 g/mol. The maximum Gasteiger partial charge on any atom is 0.232 e. The number of thioether (sulfide) groups is 1. The number of hydrogen-bond acceptors (Lipinski definition) is 3. The van der Waals surface area contributed by atoms with Crippen molar-refractivity contribution in [3.63, 3.8) is 0 Å². The standard InChI is InChI=1S/C20H20N2O2S/c1-25-17-7-4-6-16(12-17)22-13-15(11-19(22)23)20(24)21-10-9-14-5-2-3-8-18(14)21/h2-8,12,15H,9-11,13H2,1H3/t15-/m1/s1. The van der Waals surface area contributed by atoms with Crippen LogP contribution in [0.3, 0.4) is 0 Å². The maximum atomic E-state index is 13.0. The van der Waals surface area contributed by atoms with E-state index in [0.29, 0.717) is 19.5 Å². The molecule has 4 rings (SSSR count). The summed E-state index contributed by atoms with van der Waals surface area (Å²) >= 11 is 1.65. The van der Waals surface area contributed by atoms with Gasteiger partial charge >= 0.3 is 0 Å². The molecule has 2 heterocycles. The summed E-state index contributed by atoms with van der Waals surface area (Å²) in [6.07, 6.45) is 3.20. The molecule has 2 aliphatic heterocycles. The van der Waals surface area contributed by atoms with E-state index in [1.54, 1.807) is 16.7 Å². The van der Waals surface area contributed by atoms with E-state index >= 15 is 0 Å². The first-order valence-electron chi connectivity index (χ1n) is 8.51. The van der Waals surface area contributed by atoms with Crippen molar-refractivity contribution in [3.05, 3.63) is 54.1 Å². The van der Waals surface area contributed by atoms with Crippen LogP contribution in [-0.4, -0.2) is 31.2 Å². The van der Waals surface area contributed by atoms with Crippen LogP contribution in [0.5, 0.6) is 0 Å². The van der Waals surface area contributed by atoms with Gasteiger partial charge in [-0.15, -0.1) is 11.8 Å². The second-order valence-electron chi connectivity index (χ2n) is 6.48. The first kappa shape index (κ1) is 16.2. The number of amides is 2. The van der Waals surface area contributed by atoms with Crippen molar-refractivity contribution in [2.45, 2.75) is 17.7 Å². The van der Waals surface area contributed by atoms with Crippen LogP contribution in [0.15, 0.2) is 53.4 Å². The molecule has 2 aromatic carbocycles. The summed E-state index contributed by atoms with van der Waals surface area (Å²) in [6, 6.07) is 16.0. The third kappa shape index (κ3) is 2.93. The number of para-hydroxylation sites is 1. The van der Waals surface area contributed by atoms with Crippen molar-refractivity contribution in [1.82, 2.24) is 0 Å². The Kier molecular flexibility index (Phi) is 4.25. The summed E-state index contributed by atoms with van der Waals surface area (Å²) < 4.78 is 0. The predicted molar refractivity (Wildman–Crippen MR) is 101 cm³/mol. The first-order chi connectivity index (χ1) is 12.2. The van der Waals surface area contributed by atoms with E-state index in [-0.39, 0.29) is 17.7 Å². The lowest BCUT2D eigenvalue weighted by molar-refractivity contribution is -0.124. The Hall–Kier alpha value is -2.27. The Balaban J connectivity index is 1.53. The highest BCUT2D eigenvalue weighted by atomic mass is 32.2. The molecule has 4 nitrogen and oxygen atoms in total. The van der Waals surface area contributed by atoms with Crippen molar-refractivity contribution < 1.29 is 9.59 Å². The van der Waals surface area contributed by atoms with Gasteiger partial charge in [0.1, 0.15) is 0 Å². The smallest absolute Gasteiger partial charge is 0.232 e. The van der Waals surface area contributed by atoms with E-state index in [1.165, 1.54) is 5.56 Å². The molecular formula is C20H20N2O2S.